The van der Waals surface area contributed by atoms with Gasteiger partial charge in [-0.05, 0) is 60.0 Å². The third-order valence-corrected chi connectivity index (χ3v) is 2.79. The Morgan fingerprint density at radius 2 is 1.87 bits per heavy atom. The minimum atomic E-state index is -0.158. The van der Waals surface area contributed by atoms with Gasteiger partial charge in [0, 0.05) is 6.04 Å². The van der Waals surface area contributed by atoms with E-state index in [-0.39, 0.29) is 5.41 Å². The first-order valence-electron chi connectivity index (χ1n) is 6.08. The van der Waals surface area contributed by atoms with Crippen LogP contribution in [0.5, 0.6) is 0 Å². The van der Waals surface area contributed by atoms with Crippen LogP contribution in [0.3, 0.4) is 0 Å². The largest absolute Gasteiger partial charge is 0.301 e. The molecule has 15 heavy (non-hydrogen) atoms. The summed E-state index contributed by atoms with van der Waals surface area (Å²) in [5, 5.41) is 8.91. The highest BCUT2D eigenvalue weighted by Crippen LogP contribution is 2.21. The van der Waals surface area contributed by atoms with Crippen LogP contribution in [0.25, 0.3) is 0 Å². The van der Waals surface area contributed by atoms with E-state index in [0.717, 1.165) is 19.4 Å². The van der Waals surface area contributed by atoms with Crippen molar-refractivity contribution >= 4 is 0 Å². The molecule has 0 saturated carbocycles. The SMILES string of the molecule is CCCN(CCCC(C)(C)C#N)C(C)C. The Morgan fingerprint density at radius 3 is 2.27 bits per heavy atom. The Morgan fingerprint density at radius 1 is 1.27 bits per heavy atom. The van der Waals surface area contributed by atoms with Crippen LogP contribution in [-0.4, -0.2) is 24.0 Å². The monoisotopic (exact) mass is 210 g/mol. The molecule has 0 aromatic rings. The van der Waals surface area contributed by atoms with Crippen molar-refractivity contribution in [3.63, 3.8) is 0 Å². The first-order chi connectivity index (χ1) is 6.93. The van der Waals surface area contributed by atoms with E-state index in [9.17, 15) is 0 Å². The smallest absolute Gasteiger partial charge is 0.0683 e. The first kappa shape index (κ1) is 14.5. The molecule has 0 aliphatic carbocycles. The highest BCUT2D eigenvalue weighted by Gasteiger charge is 2.17. The van der Waals surface area contributed by atoms with Crippen LogP contribution in [0.15, 0.2) is 0 Å². The second-order valence-electron chi connectivity index (χ2n) is 5.23. The van der Waals surface area contributed by atoms with E-state index >= 15 is 0 Å². The molecule has 0 aromatic carbocycles. The second-order valence-corrected chi connectivity index (χ2v) is 5.23. The van der Waals surface area contributed by atoms with Crippen LogP contribution >= 0.6 is 0 Å². The minimum Gasteiger partial charge on any atom is -0.301 e. The fourth-order valence-electron chi connectivity index (χ4n) is 1.70. The standard InChI is InChI=1S/C13H26N2/c1-6-9-15(12(2)3)10-7-8-13(4,5)11-14/h12H,6-10H2,1-5H3. The number of nitrogens with zero attached hydrogens (tertiary/aromatic N) is 2. The average Bonchev–Trinajstić information content (AvgIpc) is 2.16. The van der Waals surface area contributed by atoms with E-state index in [1.54, 1.807) is 0 Å². The van der Waals surface area contributed by atoms with Gasteiger partial charge in [0.2, 0.25) is 0 Å². The molecule has 88 valence electrons. The molecule has 2 heteroatoms. The lowest BCUT2D eigenvalue weighted by molar-refractivity contribution is 0.210. The van der Waals surface area contributed by atoms with Crippen LogP contribution in [-0.2, 0) is 0 Å². The molecule has 0 heterocycles. The maximum absolute atomic E-state index is 8.91. The van der Waals surface area contributed by atoms with Gasteiger partial charge in [0.05, 0.1) is 11.5 Å². The zero-order valence-electron chi connectivity index (χ0n) is 11.0. The Balaban J connectivity index is 3.87. The topological polar surface area (TPSA) is 27.0 Å². The molecular weight excluding hydrogens is 184 g/mol. The second kappa shape index (κ2) is 6.85. The third kappa shape index (κ3) is 6.52. The Bertz CT molecular complexity index is 201. The van der Waals surface area contributed by atoms with Crippen molar-refractivity contribution in [3.05, 3.63) is 0 Å². The van der Waals surface area contributed by atoms with Crippen molar-refractivity contribution in [1.82, 2.24) is 4.90 Å². The summed E-state index contributed by atoms with van der Waals surface area (Å²) >= 11 is 0. The molecule has 0 rings (SSSR count). The Kier molecular flexibility index (Phi) is 6.60. The highest BCUT2D eigenvalue weighted by molar-refractivity contribution is 4.91. The van der Waals surface area contributed by atoms with Crippen molar-refractivity contribution < 1.29 is 0 Å². The molecule has 0 unspecified atom stereocenters. The average molecular weight is 210 g/mol. The molecule has 0 amide bonds. The number of nitriles is 1. The molecule has 0 aromatic heterocycles. The Hall–Kier alpha value is -0.550. The van der Waals surface area contributed by atoms with Gasteiger partial charge < -0.3 is 4.90 Å². The molecule has 0 aliphatic rings. The summed E-state index contributed by atoms with van der Waals surface area (Å²) < 4.78 is 0. The molecule has 0 aliphatic heterocycles. The van der Waals surface area contributed by atoms with Gasteiger partial charge in [0.15, 0.2) is 0 Å². The van der Waals surface area contributed by atoms with Gasteiger partial charge >= 0.3 is 0 Å². The van der Waals surface area contributed by atoms with Gasteiger partial charge in [-0.1, -0.05) is 6.92 Å². The van der Waals surface area contributed by atoms with Gasteiger partial charge in [-0.3, -0.25) is 0 Å². The molecule has 0 saturated heterocycles. The highest BCUT2D eigenvalue weighted by atomic mass is 15.1. The van der Waals surface area contributed by atoms with E-state index in [0.29, 0.717) is 6.04 Å². The van der Waals surface area contributed by atoms with Crippen molar-refractivity contribution in [2.75, 3.05) is 13.1 Å². The Labute approximate surface area is 95.3 Å². The maximum atomic E-state index is 8.91. The van der Waals surface area contributed by atoms with Crippen LogP contribution < -0.4 is 0 Å². The van der Waals surface area contributed by atoms with Crippen LogP contribution in [0.1, 0.15) is 53.9 Å². The summed E-state index contributed by atoms with van der Waals surface area (Å²) in [5.41, 5.74) is -0.158. The van der Waals surface area contributed by atoms with Crippen LogP contribution in [0.2, 0.25) is 0 Å². The summed E-state index contributed by atoms with van der Waals surface area (Å²) in [6, 6.07) is 2.98. The normalized spacial score (nSPS) is 12.1. The number of hydrogen-bond donors (Lipinski definition) is 0. The van der Waals surface area contributed by atoms with Crippen LogP contribution in [0.4, 0.5) is 0 Å². The van der Waals surface area contributed by atoms with Crippen LogP contribution in [0, 0.1) is 16.7 Å². The summed E-state index contributed by atoms with van der Waals surface area (Å²) in [6.07, 6.45) is 3.33. The van der Waals surface area contributed by atoms with Crippen molar-refractivity contribution in [3.8, 4) is 6.07 Å². The molecule has 0 spiro atoms. The predicted octanol–water partition coefficient (Wildman–Crippen LogP) is 3.44. The predicted molar refractivity (Wildman–Crippen MR) is 65.6 cm³/mol. The summed E-state index contributed by atoms with van der Waals surface area (Å²) in [5.74, 6) is 0. The third-order valence-electron chi connectivity index (χ3n) is 2.79. The lowest BCUT2D eigenvalue weighted by Gasteiger charge is -2.27. The lowest BCUT2D eigenvalue weighted by atomic mass is 9.90. The van der Waals surface area contributed by atoms with E-state index in [1.165, 1.54) is 13.0 Å². The van der Waals surface area contributed by atoms with Crippen molar-refractivity contribution in [1.29, 1.82) is 5.26 Å². The molecule has 0 N–H and O–H groups in total. The first-order valence-corrected chi connectivity index (χ1v) is 6.08. The zero-order valence-corrected chi connectivity index (χ0v) is 11.0. The van der Waals surface area contributed by atoms with E-state index in [4.69, 9.17) is 5.26 Å². The molecule has 0 bridgehead atoms. The van der Waals surface area contributed by atoms with E-state index in [1.807, 2.05) is 13.8 Å². The van der Waals surface area contributed by atoms with E-state index in [2.05, 4.69) is 31.7 Å². The van der Waals surface area contributed by atoms with Gasteiger partial charge in [-0.25, -0.2) is 0 Å². The van der Waals surface area contributed by atoms with Crippen molar-refractivity contribution in [2.24, 2.45) is 5.41 Å². The molecular formula is C13H26N2. The quantitative estimate of drug-likeness (QED) is 0.643. The molecule has 0 atom stereocenters. The van der Waals surface area contributed by atoms with E-state index < -0.39 is 0 Å². The van der Waals surface area contributed by atoms with Gasteiger partial charge in [0.1, 0.15) is 0 Å². The fraction of sp³-hybridized carbons (Fsp3) is 0.923. The number of rotatable bonds is 7. The minimum absolute atomic E-state index is 0.158. The maximum Gasteiger partial charge on any atom is 0.0683 e. The summed E-state index contributed by atoms with van der Waals surface area (Å²) in [6.45, 7) is 13.0. The van der Waals surface area contributed by atoms with Gasteiger partial charge in [0.25, 0.3) is 0 Å². The summed E-state index contributed by atoms with van der Waals surface area (Å²) in [4.78, 5) is 2.49. The zero-order chi connectivity index (χ0) is 11.9. The molecule has 2 nitrogen and oxygen atoms in total. The number of hydrogen-bond acceptors (Lipinski definition) is 2. The lowest BCUT2D eigenvalue weighted by Crippen LogP contribution is -2.33. The summed E-state index contributed by atoms with van der Waals surface area (Å²) in [7, 11) is 0. The fourth-order valence-corrected chi connectivity index (χ4v) is 1.70. The molecule has 0 radical (unpaired) electrons. The van der Waals surface area contributed by atoms with Gasteiger partial charge in [-0.2, -0.15) is 5.26 Å². The molecule has 0 fully saturated rings. The van der Waals surface area contributed by atoms with Crippen molar-refractivity contribution in [2.45, 2.75) is 59.9 Å². The van der Waals surface area contributed by atoms with Gasteiger partial charge in [-0.15, -0.1) is 0 Å².